The van der Waals surface area contributed by atoms with Crippen molar-refractivity contribution in [2.45, 2.75) is 13.0 Å². The zero-order chi connectivity index (χ0) is 13.1. The Bertz CT molecular complexity index is 560. The second-order valence-electron chi connectivity index (χ2n) is 3.92. The summed E-state index contributed by atoms with van der Waals surface area (Å²) in [6.45, 7) is 1.91. The standard InChI is InChI=1S/C13H12BrClN2O/c1-8(16)9-2-3-13(12(15)4-9)18-11-5-10(14)6-17-7-11/h2-8H,16H2,1H3. The molecule has 0 amide bonds. The van der Waals surface area contributed by atoms with Crippen molar-refractivity contribution < 1.29 is 4.74 Å². The molecule has 0 saturated heterocycles. The molecule has 1 aromatic heterocycles. The molecule has 1 atom stereocenters. The van der Waals surface area contributed by atoms with E-state index in [1.165, 1.54) is 0 Å². The zero-order valence-corrected chi connectivity index (χ0v) is 12.1. The number of nitrogens with zero attached hydrogens (tertiary/aromatic N) is 1. The maximum absolute atomic E-state index is 6.15. The van der Waals surface area contributed by atoms with Crippen LogP contribution < -0.4 is 10.5 Å². The topological polar surface area (TPSA) is 48.1 Å². The van der Waals surface area contributed by atoms with Gasteiger partial charge in [-0.05, 0) is 46.6 Å². The summed E-state index contributed by atoms with van der Waals surface area (Å²) in [6.07, 6.45) is 3.31. The van der Waals surface area contributed by atoms with Gasteiger partial charge in [0.25, 0.3) is 0 Å². The van der Waals surface area contributed by atoms with Crippen LogP contribution in [0.4, 0.5) is 0 Å². The first-order chi connectivity index (χ1) is 8.56. The van der Waals surface area contributed by atoms with Crippen LogP contribution in [-0.2, 0) is 0 Å². The van der Waals surface area contributed by atoms with Gasteiger partial charge in [-0.2, -0.15) is 0 Å². The van der Waals surface area contributed by atoms with E-state index in [0.29, 0.717) is 16.5 Å². The summed E-state index contributed by atoms with van der Waals surface area (Å²) in [4.78, 5) is 4.02. The van der Waals surface area contributed by atoms with Crippen molar-refractivity contribution in [1.29, 1.82) is 0 Å². The van der Waals surface area contributed by atoms with Crippen molar-refractivity contribution in [1.82, 2.24) is 4.98 Å². The Kier molecular flexibility index (Phi) is 4.22. The van der Waals surface area contributed by atoms with Gasteiger partial charge in [-0.3, -0.25) is 4.98 Å². The molecule has 0 spiro atoms. The SMILES string of the molecule is CC(N)c1ccc(Oc2cncc(Br)c2)c(Cl)c1. The van der Waals surface area contributed by atoms with E-state index in [1.807, 2.05) is 31.2 Å². The fraction of sp³-hybridized carbons (Fsp3) is 0.154. The first-order valence-electron chi connectivity index (χ1n) is 5.39. The summed E-state index contributed by atoms with van der Waals surface area (Å²) >= 11 is 9.48. The van der Waals surface area contributed by atoms with Crippen LogP contribution in [0, 0.1) is 0 Å². The lowest BCUT2D eigenvalue weighted by atomic mass is 10.1. The average Bonchev–Trinajstić information content (AvgIpc) is 2.31. The summed E-state index contributed by atoms with van der Waals surface area (Å²) in [7, 11) is 0. The predicted molar refractivity (Wildman–Crippen MR) is 76.1 cm³/mol. The van der Waals surface area contributed by atoms with Gasteiger partial charge in [-0.25, -0.2) is 0 Å². The average molecular weight is 328 g/mol. The molecule has 18 heavy (non-hydrogen) atoms. The number of hydrogen-bond donors (Lipinski definition) is 1. The molecule has 0 aliphatic carbocycles. The van der Waals surface area contributed by atoms with Gasteiger partial charge in [-0.1, -0.05) is 17.7 Å². The number of halogens is 2. The van der Waals surface area contributed by atoms with Crippen LogP contribution in [-0.4, -0.2) is 4.98 Å². The summed E-state index contributed by atoms with van der Waals surface area (Å²) < 4.78 is 6.51. The zero-order valence-electron chi connectivity index (χ0n) is 9.73. The molecule has 0 bridgehead atoms. The summed E-state index contributed by atoms with van der Waals surface area (Å²) in [5.74, 6) is 1.21. The Morgan fingerprint density at radius 2 is 2.11 bits per heavy atom. The van der Waals surface area contributed by atoms with Crippen molar-refractivity contribution in [3.63, 3.8) is 0 Å². The third kappa shape index (κ3) is 3.22. The Hall–Kier alpha value is -1.10. The molecule has 0 aliphatic rings. The van der Waals surface area contributed by atoms with Crippen LogP contribution in [0.5, 0.6) is 11.5 Å². The summed E-state index contributed by atoms with van der Waals surface area (Å²) in [6, 6.07) is 7.29. The van der Waals surface area contributed by atoms with Crippen LogP contribution in [0.2, 0.25) is 5.02 Å². The normalized spacial score (nSPS) is 12.2. The molecule has 94 valence electrons. The van der Waals surface area contributed by atoms with Crippen LogP contribution >= 0.6 is 27.5 Å². The maximum Gasteiger partial charge on any atom is 0.146 e. The largest absolute Gasteiger partial charge is 0.454 e. The quantitative estimate of drug-likeness (QED) is 0.914. The number of hydrogen-bond acceptors (Lipinski definition) is 3. The van der Waals surface area contributed by atoms with Crippen LogP contribution in [0.3, 0.4) is 0 Å². The smallest absolute Gasteiger partial charge is 0.146 e. The highest BCUT2D eigenvalue weighted by Crippen LogP contribution is 2.31. The number of pyridine rings is 1. The number of ether oxygens (including phenoxy) is 1. The fourth-order valence-electron chi connectivity index (χ4n) is 1.46. The van der Waals surface area contributed by atoms with Crippen molar-refractivity contribution >= 4 is 27.5 Å². The monoisotopic (exact) mass is 326 g/mol. The third-order valence-corrected chi connectivity index (χ3v) is 3.12. The first kappa shape index (κ1) is 13.3. The number of benzene rings is 1. The second kappa shape index (κ2) is 5.69. The molecule has 1 aromatic carbocycles. The van der Waals surface area contributed by atoms with Gasteiger partial charge in [0.1, 0.15) is 11.5 Å². The minimum atomic E-state index is -0.0518. The van der Waals surface area contributed by atoms with E-state index in [-0.39, 0.29) is 6.04 Å². The lowest BCUT2D eigenvalue weighted by Crippen LogP contribution is -2.04. The molecule has 2 aromatic rings. The van der Waals surface area contributed by atoms with E-state index < -0.39 is 0 Å². The molecule has 0 radical (unpaired) electrons. The molecular formula is C13H12BrClN2O. The van der Waals surface area contributed by atoms with Crippen LogP contribution in [0.25, 0.3) is 0 Å². The van der Waals surface area contributed by atoms with Gasteiger partial charge in [-0.15, -0.1) is 0 Å². The van der Waals surface area contributed by atoms with E-state index in [4.69, 9.17) is 22.1 Å². The van der Waals surface area contributed by atoms with E-state index in [1.54, 1.807) is 12.4 Å². The highest BCUT2D eigenvalue weighted by molar-refractivity contribution is 9.10. The minimum absolute atomic E-state index is 0.0518. The highest BCUT2D eigenvalue weighted by atomic mass is 79.9. The van der Waals surface area contributed by atoms with E-state index in [9.17, 15) is 0 Å². The molecule has 0 fully saturated rings. The van der Waals surface area contributed by atoms with Gasteiger partial charge in [0, 0.05) is 16.7 Å². The predicted octanol–water partition coefficient (Wildman–Crippen LogP) is 4.31. The number of nitrogens with two attached hydrogens (primary N) is 1. The molecule has 2 N–H and O–H groups in total. The number of rotatable bonds is 3. The van der Waals surface area contributed by atoms with Crippen LogP contribution in [0.1, 0.15) is 18.5 Å². The maximum atomic E-state index is 6.15. The minimum Gasteiger partial charge on any atom is -0.454 e. The van der Waals surface area contributed by atoms with Gasteiger partial charge in [0.15, 0.2) is 0 Å². The van der Waals surface area contributed by atoms with Crippen molar-refractivity contribution in [3.8, 4) is 11.5 Å². The lowest BCUT2D eigenvalue weighted by Gasteiger charge is -2.10. The van der Waals surface area contributed by atoms with Gasteiger partial charge in [0.2, 0.25) is 0 Å². The third-order valence-electron chi connectivity index (χ3n) is 2.39. The Morgan fingerprint density at radius 3 is 2.72 bits per heavy atom. The molecular weight excluding hydrogens is 316 g/mol. The molecule has 0 saturated carbocycles. The number of aromatic nitrogens is 1. The lowest BCUT2D eigenvalue weighted by molar-refractivity contribution is 0.480. The highest BCUT2D eigenvalue weighted by Gasteiger charge is 2.07. The van der Waals surface area contributed by atoms with Crippen molar-refractivity contribution in [3.05, 3.63) is 51.7 Å². The molecule has 5 heteroatoms. The molecule has 0 aliphatic heterocycles. The molecule has 1 unspecified atom stereocenters. The second-order valence-corrected chi connectivity index (χ2v) is 5.24. The Labute approximate surface area is 119 Å². The van der Waals surface area contributed by atoms with E-state index in [2.05, 4.69) is 20.9 Å². The van der Waals surface area contributed by atoms with Crippen LogP contribution in [0.15, 0.2) is 41.1 Å². The van der Waals surface area contributed by atoms with Crippen molar-refractivity contribution in [2.75, 3.05) is 0 Å². The molecule has 1 heterocycles. The Balaban J connectivity index is 2.24. The first-order valence-corrected chi connectivity index (χ1v) is 6.57. The van der Waals surface area contributed by atoms with Crippen molar-refractivity contribution in [2.24, 2.45) is 5.73 Å². The molecule has 2 rings (SSSR count). The summed E-state index contributed by atoms with van der Waals surface area (Å²) in [5.41, 5.74) is 6.76. The van der Waals surface area contributed by atoms with Gasteiger partial charge in [0.05, 0.1) is 11.2 Å². The fourth-order valence-corrected chi connectivity index (χ4v) is 2.03. The Morgan fingerprint density at radius 1 is 1.33 bits per heavy atom. The van der Waals surface area contributed by atoms with Gasteiger partial charge >= 0.3 is 0 Å². The van der Waals surface area contributed by atoms with Gasteiger partial charge < -0.3 is 10.5 Å². The summed E-state index contributed by atoms with van der Waals surface area (Å²) in [5, 5.41) is 0.532. The van der Waals surface area contributed by atoms with E-state index in [0.717, 1.165) is 10.0 Å². The molecule has 3 nitrogen and oxygen atoms in total. The van der Waals surface area contributed by atoms with E-state index >= 15 is 0 Å².